The van der Waals surface area contributed by atoms with Crippen LogP contribution in [0.3, 0.4) is 0 Å². The summed E-state index contributed by atoms with van der Waals surface area (Å²) in [4.78, 5) is 16.4. The zero-order chi connectivity index (χ0) is 17.5. The second-order valence-corrected chi connectivity index (χ2v) is 6.85. The number of hydrogen-bond donors (Lipinski definition) is 2. The lowest BCUT2D eigenvalue weighted by atomic mass is 9.97. The molecule has 1 aromatic carbocycles. The third kappa shape index (κ3) is 5.32. The molecule has 0 aliphatic carbocycles. The first-order valence-corrected chi connectivity index (χ1v) is 8.94. The van der Waals surface area contributed by atoms with Crippen LogP contribution in [-0.4, -0.2) is 52.7 Å². The van der Waals surface area contributed by atoms with Gasteiger partial charge in [0.15, 0.2) is 0 Å². The van der Waals surface area contributed by atoms with Crippen LogP contribution in [0.25, 0.3) is 0 Å². The molecule has 6 nitrogen and oxygen atoms in total. The number of carbonyl (C=O) groups excluding carboxylic acids is 1. The number of nitrogens with one attached hydrogen (secondary N) is 2. The molecule has 0 unspecified atom stereocenters. The summed E-state index contributed by atoms with van der Waals surface area (Å²) in [5.74, 6) is 0.516. The Morgan fingerprint density at radius 1 is 1.36 bits per heavy atom. The molecule has 2 amide bonds. The maximum absolute atomic E-state index is 12.3. The number of aromatic nitrogens is 2. The highest BCUT2D eigenvalue weighted by molar-refractivity contribution is 5.73. The molecule has 3 rings (SSSR count). The van der Waals surface area contributed by atoms with E-state index in [0.717, 1.165) is 31.9 Å². The van der Waals surface area contributed by atoms with Crippen LogP contribution in [0, 0.1) is 5.92 Å². The van der Waals surface area contributed by atoms with E-state index in [2.05, 4.69) is 50.7 Å². The summed E-state index contributed by atoms with van der Waals surface area (Å²) < 4.78 is 0. The van der Waals surface area contributed by atoms with Gasteiger partial charge in [0.05, 0.1) is 12.2 Å². The average Bonchev–Trinajstić information content (AvgIpc) is 3.14. The van der Waals surface area contributed by atoms with Crippen molar-refractivity contribution in [1.29, 1.82) is 0 Å². The molecule has 1 atom stereocenters. The van der Waals surface area contributed by atoms with Crippen molar-refractivity contribution in [2.45, 2.75) is 25.9 Å². The van der Waals surface area contributed by atoms with E-state index in [0.29, 0.717) is 12.5 Å². The molecule has 6 heteroatoms. The number of likely N-dealkylation sites (tertiary alicyclic amines) is 1. The molecular weight excluding hydrogens is 314 g/mol. The quantitative estimate of drug-likeness (QED) is 0.848. The van der Waals surface area contributed by atoms with Crippen LogP contribution in [-0.2, 0) is 13.1 Å². The Bertz CT molecular complexity index is 643. The molecule has 0 spiro atoms. The summed E-state index contributed by atoms with van der Waals surface area (Å²) in [6.07, 6.45) is 4.07. The van der Waals surface area contributed by atoms with Gasteiger partial charge in [-0.2, -0.15) is 5.10 Å². The van der Waals surface area contributed by atoms with E-state index < -0.39 is 0 Å². The third-order valence-corrected chi connectivity index (χ3v) is 4.71. The normalized spacial score (nSPS) is 18.0. The van der Waals surface area contributed by atoms with Crippen LogP contribution in [0.1, 0.15) is 24.1 Å². The van der Waals surface area contributed by atoms with Crippen molar-refractivity contribution in [3.8, 4) is 0 Å². The monoisotopic (exact) mass is 341 g/mol. The molecule has 2 N–H and O–H groups in total. The number of benzene rings is 1. The summed E-state index contributed by atoms with van der Waals surface area (Å²) in [6, 6.07) is 12.4. The van der Waals surface area contributed by atoms with Crippen LogP contribution in [0.15, 0.2) is 42.6 Å². The van der Waals surface area contributed by atoms with Crippen LogP contribution < -0.4 is 5.32 Å². The highest BCUT2D eigenvalue weighted by atomic mass is 16.2. The average molecular weight is 341 g/mol. The van der Waals surface area contributed by atoms with Crippen molar-refractivity contribution in [3.63, 3.8) is 0 Å². The molecule has 1 aliphatic rings. The Balaban J connectivity index is 1.42. The van der Waals surface area contributed by atoms with Gasteiger partial charge in [-0.05, 0) is 36.9 Å². The second kappa shape index (κ2) is 8.67. The van der Waals surface area contributed by atoms with Crippen LogP contribution in [0.5, 0.6) is 0 Å². The number of amides is 2. The van der Waals surface area contributed by atoms with Gasteiger partial charge in [-0.3, -0.25) is 10.00 Å². The second-order valence-electron chi connectivity index (χ2n) is 6.85. The molecule has 0 bridgehead atoms. The minimum absolute atomic E-state index is 0.0326. The van der Waals surface area contributed by atoms with Gasteiger partial charge in [-0.25, -0.2) is 4.79 Å². The molecule has 1 aromatic heterocycles. The van der Waals surface area contributed by atoms with Crippen LogP contribution in [0.2, 0.25) is 0 Å². The van der Waals surface area contributed by atoms with Gasteiger partial charge < -0.3 is 10.2 Å². The largest absolute Gasteiger partial charge is 0.338 e. The first-order valence-electron chi connectivity index (χ1n) is 8.94. The van der Waals surface area contributed by atoms with E-state index >= 15 is 0 Å². The van der Waals surface area contributed by atoms with Crippen molar-refractivity contribution in [3.05, 3.63) is 53.9 Å². The number of nitrogens with zero attached hydrogens (tertiary/aromatic N) is 3. The summed E-state index contributed by atoms with van der Waals surface area (Å²) in [5, 5.41) is 9.86. The van der Waals surface area contributed by atoms with Crippen molar-refractivity contribution in [2.75, 3.05) is 26.7 Å². The molecule has 134 valence electrons. The Morgan fingerprint density at radius 3 is 2.96 bits per heavy atom. The Kier molecular flexibility index (Phi) is 6.06. The Labute approximate surface area is 149 Å². The molecule has 2 aromatic rings. The number of carbonyl (C=O) groups is 1. The molecule has 1 aliphatic heterocycles. The summed E-state index contributed by atoms with van der Waals surface area (Å²) >= 11 is 0. The summed E-state index contributed by atoms with van der Waals surface area (Å²) in [6.45, 7) is 4.44. The zero-order valence-electron chi connectivity index (χ0n) is 14.8. The van der Waals surface area contributed by atoms with Gasteiger partial charge in [-0.15, -0.1) is 0 Å². The summed E-state index contributed by atoms with van der Waals surface area (Å²) in [5.41, 5.74) is 2.29. The number of piperidine rings is 1. The van der Waals surface area contributed by atoms with Gasteiger partial charge >= 0.3 is 6.03 Å². The third-order valence-electron chi connectivity index (χ3n) is 4.71. The molecule has 2 heterocycles. The predicted octanol–water partition coefficient (Wildman–Crippen LogP) is 2.46. The van der Waals surface area contributed by atoms with Crippen molar-refractivity contribution in [1.82, 2.24) is 25.3 Å². The number of H-pyrrole nitrogens is 1. The van der Waals surface area contributed by atoms with Crippen molar-refractivity contribution in [2.24, 2.45) is 5.92 Å². The molecule has 25 heavy (non-hydrogen) atoms. The lowest BCUT2D eigenvalue weighted by Gasteiger charge is -2.33. The first kappa shape index (κ1) is 17.5. The first-order chi connectivity index (χ1) is 12.2. The number of urea groups is 1. The fraction of sp³-hybridized carbons (Fsp3) is 0.474. The van der Waals surface area contributed by atoms with Crippen LogP contribution in [0.4, 0.5) is 4.79 Å². The molecular formula is C19H27N5O. The van der Waals surface area contributed by atoms with Crippen molar-refractivity contribution >= 4 is 6.03 Å². The van der Waals surface area contributed by atoms with Gasteiger partial charge in [-0.1, -0.05) is 30.3 Å². The van der Waals surface area contributed by atoms with E-state index in [1.807, 2.05) is 6.07 Å². The lowest BCUT2D eigenvalue weighted by Crippen LogP contribution is -2.43. The van der Waals surface area contributed by atoms with Gasteiger partial charge in [0, 0.05) is 32.9 Å². The predicted molar refractivity (Wildman–Crippen MR) is 97.9 cm³/mol. The molecule has 0 saturated carbocycles. The van der Waals surface area contributed by atoms with E-state index in [1.165, 1.54) is 18.4 Å². The standard InChI is InChI=1S/C19H27N5O/c1-23(15-18-9-10-21-22-18)19(25)20-12-17-8-5-11-24(14-17)13-16-6-3-2-4-7-16/h2-4,6-7,9-10,17H,5,8,11-15H2,1H3,(H,20,25)(H,21,22)/t17-/m1/s1. The van der Waals surface area contributed by atoms with E-state index in [1.54, 1.807) is 18.1 Å². The minimum atomic E-state index is -0.0326. The Morgan fingerprint density at radius 2 is 2.20 bits per heavy atom. The van der Waals surface area contributed by atoms with E-state index in [4.69, 9.17) is 0 Å². The smallest absolute Gasteiger partial charge is 0.317 e. The van der Waals surface area contributed by atoms with Gasteiger partial charge in [0.25, 0.3) is 0 Å². The van der Waals surface area contributed by atoms with Crippen LogP contribution >= 0.6 is 0 Å². The lowest BCUT2D eigenvalue weighted by molar-refractivity contribution is 0.161. The highest BCUT2D eigenvalue weighted by Gasteiger charge is 2.21. The van der Waals surface area contributed by atoms with Crippen molar-refractivity contribution < 1.29 is 4.79 Å². The molecule has 1 fully saturated rings. The zero-order valence-corrected chi connectivity index (χ0v) is 14.8. The number of aromatic amines is 1. The molecule has 0 radical (unpaired) electrons. The SMILES string of the molecule is CN(Cc1ccn[nH]1)C(=O)NC[C@H]1CCCN(Cc2ccccc2)C1. The van der Waals surface area contributed by atoms with E-state index in [-0.39, 0.29) is 6.03 Å². The topological polar surface area (TPSA) is 64.3 Å². The summed E-state index contributed by atoms with van der Waals surface area (Å²) in [7, 11) is 1.80. The number of hydrogen-bond acceptors (Lipinski definition) is 3. The minimum Gasteiger partial charge on any atom is -0.338 e. The van der Waals surface area contributed by atoms with Gasteiger partial charge in [0.1, 0.15) is 0 Å². The highest BCUT2D eigenvalue weighted by Crippen LogP contribution is 2.18. The maximum Gasteiger partial charge on any atom is 0.317 e. The fourth-order valence-electron chi connectivity index (χ4n) is 3.37. The molecule has 1 saturated heterocycles. The maximum atomic E-state index is 12.3. The van der Waals surface area contributed by atoms with Gasteiger partial charge in [0.2, 0.25) is 0 Å². The fourth-order valence-corrected chi connectivity index (χ4v) is 3.37. The Hall–Kier alpha value is -2.34. The number of rotatable bonds is 6. The van der Waals surface area contributed by atoms with E-state index in [9.17, 15) is 4.79 Å².